The van der Waals surface area contributed by atoms with Crippen LogP contribution < -0.4 is 10.1 Å². The van der Waals surface area contributed by atoms with Gasteiger partial charge in [-0.25, -0.2) is 0 Å². The fourth-order valence-corrected chi connectivity index (χ4v) is 2.73. The molecule has 0 radical (unpaired) electrons. The Balaban J connectivity index is 1.70. The number of nitrogens with one attached hydrogen (secondary N) is 1. The summed E-state index contributed by atoms with van der Waals surface area (Å²) in [5.74, 6) is 0.952. The Kier molecular flexibility index (Phi) is 6.84. The lowest BCUT2D eigenvalue weighted by Gasteiger charge is -2.19. The average molecular weight is 354 g/mol. The topological polar surface area (TPSA) is 38.3 Å². The van der Waals surface area contributed by atoms with Gasteiger partial charge in [-0.15, -0.1) is 0 Å². The zero-order chi connectivity index (χ0) is 19.2. The van der Waals surface area contributed by atoms with Gasteiger partial charge in [-0.05, 0) is 54.0 Å². The van der Waals surface area contributed by atoms with Gasteiger partial charge in [-0.1, -0.05) is 57.2 Å². The minimum absolute atomic E-state index is 0.0643. The van der Waals surface area contributed by atoms with Gasteiger partial charge in [0.05, 0.1) is 6.54 Å². The van der Waals surface area contributed by atoms with Gasteiger partial charge in [-0.3, -0.25) is 4.79 Å². The number of rotatable bonds is 7. The Hall–Kier alpha value is -2.29. The maximum atomic E-state index is 12.0. The van der Waals surface area contributed by atoms with Crippen LogP contribution in [0.4, 0.5) is 0 Å². The first-order chi connectivity index (χ1) is 12.3. The van der Waals surface area contributed by atoms with Gasteiger partial charge >= 0.3 is 0 Å². The highest BCUT2D eigenvalue weighted by Gasteiger charge is 2.13. The van der Waals surface area contributed by atoms with E-state index < -0.39 is 0 Å². The number of carbonyl (C=O) groups excluding carboxylic acids is 1. The molecule has 0 bridgehead atoms. The van der Waals surface area contributed by atoms with E-state index in [0.717, 1.165) is 17.7 Å². The molecule has 2 rings (SSSR count). The summed E-state index contributed by atoms with van der Waals surface area (Å²) in [7, 11) is 0. The van der Waals surface area contributed by atoms with Crippen molar-refractivity contribution in [2.45, 2.75) is 52.9 Å². The van der Waals surface area contributed by atoms with E-state index in [2.05, 4.69) is 56.4 Å². The average Bonchev–Trinajstić information content (AvgIpc) is 2.59. The minimum atomic E-state index is 0.0643. The summed E-state index contributed by atoms with van der Waals surface area (Å²) in [5.41, 5.74) is 4.95. The number of hydrogen-bond donors (Lipinski definition) is 1. The summed E-state index contributed by atoms with van der Waals surface area (Å²) in [6.45, 7) is 11.7. The van der Waals surface area contributed by atoms with Crippen molar-refractivity contribution in [1.29, 1.82) is 0 Å². The van der Waals surface area contributed by atoms with E-state index in [1.54, 1.807) is 0 Å². The predicted molar refractivity (Wildman–Crippen MR) is 108 cm³/mol. The molecule has 0 heterocycles. The van der Waals surface area contributed by atoms with Gasteiger partial charge in [-0.2, -0.15) is 0 Å². The first-order valence-corrected chi connectivity index (χ1v) is 9.32. The van der Waals surface area contributed by atoms with Crippen molar-refractivity contribution in [3.8, 4) is 5.75 Å². The monoisotopic (exact) mass is 353 g/mol. The Labute approximate surface area is 157 Å². The summed E-state index contributed by atoms with van der Waals surface area (Å²) in [5, 5.41) is 2.93. The van der Waals surface area contributed by atoms with Gasteiger partial charge in [0.15, 0.2) is 0 Å². The van der Waals surface area contributed by atoms with Gasteiger partial charge in [0.25, 0.3) is 0 Å². The smallest absolute Gasteiger partial charge is 0.220 e. The van der Waals surface area contributed by atoms with Crippen LogP contribution in [-0.4, -0.2) is 19.1 Å². The molecule has 1 N–H and O–H groups in total. The summed E-state index contributed by atoms with van der Waals surface area (Å²) >= 11 is 0. The predicted octanol–water partition coefficient (Wildman–Crippen LogP) is 4.73. The van der Waals surface area contributed by atoms with Crippen LogP contribution >= 0.6 is 0 Å². The van der Waals surface area contributed by atoms with E-state index in [1.165, 1.54) is 16.7 Å². The Bertz CT molecular complexity index is 727. The summed E-state index contributed by atoms with van der Waals surface area (Å²) in [4.78, 5) is 12.0. The third kappa shape index (κ3) is 6.21. The van der Waals surface area contributed by atoms with E-state index in [9.17, 15) is 4.79 Å². The molecule has 0 saturated heterocycles. The molecule has 0 spiro atoms. The molecule has 26 heavy (non-hydrogen) atoms. The van der Waals surface area contributed by atoms with Crippen LogP contribution in [0.15, 0.2) is 42.5 Å². The zero-order valence-corrected chi connectivity index (χ0v) is 16.7. The molecule has 3 heteroatoms. The lowest BCUT2D eigenvalue weighted by molar-refractivity contribution is -0.121. The van der Waals surface area contributed by atoms with E-state index >= 15 is 0 Å². The maximum absolute atomic E-state index is 12.0. The summed E-state index contributed by atoms with van der Waals surface area (Å²) < 4.78 is 5.76. The molecule has 140 valence electrons. The largest absolute Gasteiger partial charge is 0.491 e. The van der Waals surface area contributed by atoms with Crippen LogP contribution in [0.5, 0.6) is 5.75 Å². The standard InChI is InChI=1S/C23H31NO2/c1-17-6-7-18(2)21(16-17)26-15-14-24-22(25)13-10-19-8-11-20(12-9-19)23(3,4)5/h6-9,11-12,16H,10,13-15H2,1-5H3,(H,24,25). The van der Waals surface area contributed by atoms with Gasteiger partial charge in [0.1, 0.15) is 12.4 Å². The molecule has 3 nitrogen and oxygen atoms in total. The zero-order valence-electron chi connectivity index (χ0n) is 16.7. The highest BCUT2D eigenvalue weighted by molar-refractivity contribution is 5.76. The molecule has 0 aliphatic heterocycles. The molecule has 0 unspecified atom stereocenters. The molecular weight excluding hydrogens is 322 g/mol. The maximum Gasteiger partial charge on any atom is 0.220 e. The molecule has 0 atom stereocenters. The first kappa shape index (κ1) is 20.0. The first-order valence-electron chi connectivity index (χ1n) is 9.32. The molecule has 2 aromatic rings. The number of amides is 1. The molecule has 0 aliphatic carbocycles. The van der Waals surface area contributed by atoms with Gasteiger partial charge in [0, 0.05) is 6.42 Å². The minimum Gasteiger partial charge on any atom is -0.491 e. The van der Waals surface area contributed by atoms with E-state index in [1.807, 2.05) is 26.0 Å². The molecule has 0 aliphatic rings. The van der Waals surface area contributed by atoms with Crippen LogP contribution in [-0.2, 0) is 16.6 Å². The van der Waals surface area contributed by atoms with Crippen LogP contribution in [0.25, 0.3) is 0 Å². The van der Waals surface area contributed by atoms with Crippen molar-refractivity contribution in [1.82, 2.24) is 5.32 Å². The van der Waals surface area contributed by atoms with E-state index in [4.69, 9.17) is 4.74 Å². The van der Waals surface area contributed by atoms with E-state index in [-0.39, 0.29) is 11.3 Å². The number of carbonyl (C=O) groups is 1. The fraction of sp³-hybridized carbons (Fsp3) is 0.435. The van der Waals surface area contributed by atoms with Crippen molar-refractivity contribution in [2.24, 2.45) is 0 Å². The number of aryl methyl sites for hydroxylation is 3. The Morgan fingerprint density at radius 2 is 1.73 bits per heavy atom. The van der Waals surface area contributed by atoms with Gasteiger partial charge < -0.3 is 10.1 Å². The molecule has 2 aromatic carbocycles. The Morgan fingerprint density at radius 3 is 2.38 bits per heavy atom. The van der Waals surface area contributed by atoms with Crippen molar-refractivity contribution in [2.75, 3.05) is 13.2 Å². The Morgan fingerprint density at radius 1 is 1.04 bits per heavy atom. The third-order valence-corrected chi connectivity index (χ3v) is 4.49. The fourth-order valence-electron chi connectivity index (χ4n) is 2.73. The molecule has 0 aromatic heterocycles. The number of hydrogen-bond acceptors (Lipinski definition) is 2. The number of ether oxygens (including phenoxy) is 1. The molecular formula is C23H31NO2. The quantitative estimate of drug-likeness (QED) is 0.731. The summed E-state index contributed by atoms with van der Waals surface area (Å²) in [6, 6.07) is 14.7. The third-order valence-electron chi connectivity index (χ3n) is 4.49. The summed E-state index contributed by atoms with van der Waals surface area (Å²) in [6.07, 6.45) is 1.26. The van der Waals surface area contributed by atoms with E-state index in [0.29, 0.717) is 19.6 Å². The number of benzene rings is 2. The normalized spacial score (nSPS) is 11.3. The molecule has 0 fully saturated rings. The highest BCUT2D eigenvalue weighted by Crippen LogP contribution is 2.22. The van der Waals surface area contributed by atoms with Crippen LogP contribution in [0.3, 0.4) is 0 Å². The van der Waals surface area contributed by atoms with Crippen molar-refractivity contribution in [3.05, 3.63) is 64.7 Å². The molecule has 1 amide bonds. The highest BCUT2D eigenvalue weighted by atomic mass is 16.5. The lowest BCUT2D eigenvalue weighted by atomic mass is 9.86. The molecule has 0 saturated carbocycles. The lowest BCUT2D eigenvalue weighted by Crippen LogP contribution is -2.28. The van der Waals surface area contributed by atoms with Crippen LogP contribution in [0.1, 0.15) is 49.4 Å². The van der Waals surface area contributed by atoms with Crippen LogP contribution in [0.2, 0.25) is 0 Å². The van der Waals surface area contributed by atoms with Crippen molar-refractivity contribution in [3.63, 3.8) is 0 Å². The van der Waals surface area contributed by atoms with Crippen LogP contribution in [0, 0.1) is 13.8 Å². The second-order valence-electron chi connectivity index (χ2n) is 7.91. The SMILES string of the molecule is Cc1ccc(C)c(OCCNC(=O)CCc2ccc(C(C)(C)C)cc2)c1. The van der Waals surface area contributed by atoms with Gasteiger partial charge in [0.2, 0.25) is 5.91 Å². The second-order valence-corrected chi connectivity index (χ2v) is 7.91. The van der Waals surface area contributed by atoms with Crippen molar-refractivity contribution >= 4 is 5.91 Å². The second kappa shape index (κ2) is 8.88. The van der Waals surface area contributed by atoms with Crippen molar-refractivity contribution < 1.29 is 9.53 Å².